The monoisotopic (exact) mass is 312 g/mol. The summed E-state index contributed by atoms with van der Waals surface area (Å²) in [5.41, 5.74) is 0.697. The Morgan fingerprint density at radius 1 is 1.50 bits per heavy atom. The van der Waals surface area contributed by atoms with Crippen LogP contribution in [0.25, 0.3) is 0 Å². The number of hydrogen-bond donors (Lipinski definition) is 1. The number of halogens is 1. The van der Waals surface area contributed by atoms with Crippen LogP contribution in [0.5, 0.6) is 0 Å². The maximum absolute atomic E-state index is 10.8. The van der Waals surface area contributed by atoms with Gasteiger partial charge in [0.25, 0.3) is 5.69 Å². The van der Waals surface area contributed by atoms with Crippen LogP contribution in [0.15, 0.2) is 29.0 Å². The van der Waals surface area contributed by atoms with Crippen molar-refractivity contribution in [3.05, 3.63) is 50.5 Å². The van der Waals surface area contributed by atoms with Gasteiger partial charge in [0.2, 0.25) is 0 Å². The van der Waals surface area contributed by atoms with Gasteiger partial charge in [0.1, 0.15) is 17.4 Å². The highest BCUT2D eigenvalue weighted by molar-refractivity contribution is 9.10. The third kappa shape index (κ3) is 2.39. The molecule has 0 aliphatic heterocycles. The van der Waals surface area contributed by atoms with Gasteiger partial charge in [-0.25, -0.2) is 9.67 Å². The molecule has 1 aromatic carbocycles. The van der Waals surface area contributed by atoms with Crippen LogP contribution in [0.1, 0.15) is 11.4 Å². The van der Waals surface area contributed by atoms with E-state index in [2.05, 4.69) is 26.0 Å². The summed E-state index contributed by atoms with van der Waals surface area (Å²) in [4.78, 5) is 14.2. The highest BCUT2D eigenvalue weighted by Crippen LogP contribution is 2.28. The lowest BCUT2D eigenvalue weighted by molar-refractivity contribution is -0.385. The van der Waals surface area contributed by atoms with Crippen molar-refractivity contribution in [2.45, 2.75) is 13.2 Å². The lowest BCUT2D eigenvalue weighted by atomic mass is 10.2. The average molecular weight is 313 g/mol. The van der Waals surface area contributed by atoms with Gasteiger partial charge < -0.3 is 5.11 Å². The second-order valence-corrected chi connectivity index (χ2v) is 4.29. The van der Waals surface area contributed by atoms with Crippen molar-refractivity contribution in [3.8, 4) is 0 Å². The third-order valence-corrected chi connectivity index (χ3v) is 3.33. The number of benzene rings is 1. The Morgan fingerprint density at radius 3 is 2.94 bits per heavy atom. The largest absolute Gasteiger partial charge is 0.388 e. The summed E-state index contributed by atoms with van der Waals surface area (Å²) >= 11 is 3.21. The van der Waals surface area contributed by atoms with Crippen LogP contribution in [-0.4, -0.2) is 24.8 Å². The minimum Gasteiger partial charge on any atom is -0.388 e. The van der Waals surface area contributed by atoms with Crippen molar-refractivity contribution in [3.63, 3.8) is 0 Å². The Balaban J connectivity index is 2.35. The molecule has 2 rings (SSSR count). The summed E-state index contributed by atoms with van der Waals surface area (Å²) in [7, 11) is 0. The fourth-order valence-electron chi connectivity index (χ4n) is 1.53. The summed E-state index contributed by atoms with van der Waals surface area (Å²) < 4.78 is 1.90. The van der Waals surface area contributed by atoms with E-state index < -0.39 is 4.92 Å². The zero-order valence-corrected chi connectivity index (χ0v) is 10.7. The van der Waals surface area contributed by atoms with Gasteiger partial charge in [-0.15, -0.1) is 0 Å². The van der Waals surface area contributed by atoms with Crippen LogP contribution in [0, 0.1) is 10.1 Å². The normalized spacial score (nSPS) is 10.6. The Bertz CT molecular complexity index is 584. The molecule has 94 valence electrons. The van der Waals surface area contributed by atoms with E-state index >= 15 is 0 Å². The molecule has 0 spiro atoms. The van der Waals surface area contributed by atoms with Crippen LogP contribution in [0.3, 0.4) is 0 Å². The van der Waals surface area contributed by atoms with Crippen LogP contribution in [0.2, 0.25) is 0 Å². The van der Waals surface area contributed by atoms with Gasteiger partial charge in [-0.3, -0.25) is 10.1 Å². The Hall–Kier alpha value is -1.80. The Labute approximate surface area is 110 Å². The maximum atomic E-state index is 10.8. The summed E-state index contributed by atoms with van der Waals surface area (Å²) in [6, 6.07) is 4.77. The molecule has 1 heterocycles. The topological polar surface area (TPSA) is 94.1 Å². The molecule has 18 heavy (non-hydrogen) atoms. The van der Waals surface area contributed by atoms with E-state index in [9.17, 15) is 10.1 Å². The minimum atomic E-state index is -0.456. The molecule has 1 N–H and O–H groups in total. The molecule has 0 saturated heterocycles. The van der Waals surface area contributed by atoms with Crippen LogP contribution >= 0.6 is 15.9 Å². The van der Waals surface area contributed by atoms with E-state index in [1.807, 2.05) is 0 Å². The molecule has 0 aliphatic rings. The second-order valence-electron chi connectivity index (χ2n) is 3.50. The molecule has 0 amide bonds. The van der Waals surface area contributed by atoms with E-state index in [1.165, 1.54) is 17.1 Å². The molecule has 0 saturated carbocycles. The fraction of sp³-hybridized carbons (Fsp3) is 0.200. The van der Waals surface area contributed by atoms with Crippen molar-refractivity contribution in [1.29, 1.82) is 0 Å². The lowest BCUT2D eigenvalue weighted by Gasteiger charge is -2.06. The Morgan fingerprint density at radius 2 is 2.28 bits per heavy atom. The molecule has 7 nitrogen and oxygen atoms in total. The number of aliphatic hydroxyl groups is 1. The zero-order valence-electron chi connectivity index (χ0n) is 9.15. The van der Waals surface area contributed by atoms with Gasteiger partial charge >= 0.3 is 0 Å². The molecule has 0 bridgehead atoms. The standard InChI is InChI=1S/C10H9BrN4O3/c11-10-7(2-1-3-8(10)15(17)18)4-14-9(5-16)12-6-13-14/h1-3,6,16H,4-5H2. The molecular weight excluding hydrogens is 304 g/mol. The smallest absolute Gasteiger partial charge is 0.283 e. The van der Waals surface area contributed by atoms with Gasteiger partial charge in [0.15, 0.2) is 5.82 Å². The van der Waals surface area contributed by atoms with Crippen LogP contribution < -0.4 is 0 Å². The first-order valence-corrected chi connectivity index (χ1v) is 5.82. The molecule has 0 aliphatic carbocycles. The highest BCUT2D eigenvalue weighted by atomic mass is 79.9. The van der Waals surface area contributed by atoms with Crippen molar-refractivity contribution in [2.75, 3.05) is 0 Å². The quantitative estimate of drug-likeness (QED) is 0.682. The van der Waals surface area contributed by atoms with Gasteiger partial charge in [0, 0.05) is 6.07 Å². The number of rotatable bonds is 4. The number of nitrogens with zero attached hydrogens (tertiary/aromatic N) is 4. The predicted octanol–water partition coefficient (Wildman–Crippen LogP) is 1.49. The first kappa shape index (κ1) is 12.7. The van der Waals surface area contributed by atoms with Crippen molar-refractivity contribution >= 4 is 21.6 Å². The number of aliphatic hydroxyl groups excluding tert-OH is 1. The summed E-state index contributed by atoms with van der Waals surface area (Å²) in [6.07, 6.45) is 1.33. The van der Waals surface area contributed by atoms with Crippen LogP contribution in [-0.2, 0) is 13.2 Å². The molecule has 0 unspecified atom stereocenters. The summed E-state index contributed by atoms with van der Waals surface area (Å²) in [6.45, 7) is 0.0741. The minimum absolute atomic E-state index is 0.00170. The first-order chi connectivity index (χ1) is 8.63. The molecule has 2 aromatic rings. The maximum Gasteiger partial charge on any atom is 0.283 e. The highest BCUT2D eigenvalue weighted by Gasteiger charge is 2.15. The summed E-state index contributed by atoms with van der Waals surface area (Å²) in [5, 5.41) is 23.8. The third-order valence-electron chi connectivity index (χ3n) is 2.41. The van der Waals surface area contributed by atoms with Crippen LogP contribution in [0.4, 0.5) is 5.69 Å². The van der Waals surface area contributed by atoms with E-state index in [0.29, 0.717) is 22.4 Å². The van der Waals surface area contributed by atoms with Gasteiger partial charge in [-0.05, 0) is 21.5 Å². The molecule has 0 atom stereocenters. The zero-order chi connectivity index (χ0) is 13.1. The molecular formula is C10H9BrN4O3. The van der Waals surface area contributed by atoms with E-state index in [-0.39, 0.29) is 12.3 Å². The lowest BCUT2D eigenvalue weighted by Crippen LogP contribution is -2.08. The molecule has 0 radical (unpaired) electrons. The van der Waals surface area contributed by atoms with Gasteiger partial charge in [-0.2, -0.15) is 5.10 Å². The number of nitro benzene ring substituents is 1. The summed E-state index contributed by atoms with van der Waals surface area (Å²) in [5.74, 6) is 0.411. The van der Waals surface area contributed by atoms with E-state index in [0.717, 1.165) is 0 Å². The second kappa shape index (κ2) is 5.23. The molecule has 1 aromatic heterocycles. The fourth-order valence-corrected chi connectivity index (χ4v) is 2.07. The van der Waals surface area contributed by atoms with E-state index in [1.54, 1.807) is 12.1 Å². The Kier molecular flexibility index (Phi) is 3.68. The number of hydrogen-bond acceptors (Lipinski definition) is 5. The van der Waals surface area contributed by atoms with Gasteiger partial charge in [-0.1, -0.05) is 12.1 Å². The molecule has 8 heteroatoms. The average Bonchev–Trinajstić information content (AvgIpc) is 2.78. The van der Waals surface area contributed by atoms with Gasteiger partial charge in [0.05, 0.1) is 11.5 Å². The SMILES string of the molecule is O=[N+]([O-])c1cccc(Cn2ncnc2CO)c1Br. The van der Waals surface area contributed by atoms with Crippen molar-refractivity contribution in [2.24, 2.45) is 0 Å². The molecule has 0 fully saturated rings. The first-order valence-electron chi connectivity index (χ1n) is 5.02. The van der Waals surface area contributed by atoms with Crippen molar-refractivity contribution < 1.29 is 10.0 Å². The number of aromatic nitrogens is 3. The predicted molar refractivity (Wildman–Crippen MR) is 65.8 cm³/mol. The van der Waals surface area contributed by atoms with Crippen molar-refractivity contribution in [1.82, 2.24) is 14.8 Å². The number of nitro groups is 1. The van der Waals surface area contributed by atoms with E-state index in [4.69, 9.17) is 5.11 Å².